The van der Waals surface area contributed by atoms with Crippen LogP contribution in [0.5, 0.6) is 5.75 Å². The molecule has 1 unspecified atom stereocenters. The second-order valence-electron chi connectivity index (χ2n) is 8.35. The molecule has 4 rings (SSSR count). The van der Waals surface area contributed by atoms with Crippen molar-refractivity contribution >= 4 is 17.2 Å². The van der Waals surface area contributed by atoms with E-state index in [1.54, 1.807) is 18.2 Å². The fraction of sp³-hybridized carbons (Fsp3) is 0.318. The quantitative estimate of drug-likeness (QED) is 0.541. The van der Waals surface area contributed by atoms with Crippen molar-refractivity contribution in [1.29, 1.82) is 0 Å². The normalized spacial score (nSPS) is 20.9. The third kappa shape index (κ3) is 3.57. The lowest BCUT2D eigenvalue weighted by Gasteiger charge is -2.34. The number of carbonyl (C=O) groups excluding carboxylic acids is 1. The lowest BCUT2D eigenvalue weighted by Crippen LogP contribution is -2.31. The van der Waals surface area contributed by atoms with E-state index >= 15 is 0 Å². The van der Waals surface area contributed by atoms with Crippen LogP contribution in [0.15, 0.2) is 53.7 Å². The average molecular weight is 402 g/mol. The molecule has 2 aromatic carbocycles. The standard InChI is InChI=1S/C22H21F3N2O2/c1-21(2)10-15-18(17(29)11-21)19(12-6-8-13(9-7-12)22(23,24)25)26-14-4-3-5-16(28)20(14)27-15/h3-9,19,26-28H,10-11H2,1-2H3. The fourth-order valence-electron chi connectivity index (χ4n) is 4.07. The zero-order valence-electron chi connectivity index (χ0n) is 16.0. The van der Waals surface area contributed by atoms with Crippen molar-refractivity contribution in [2.24, 2.45) is 5.41 Å². The first-order valence-electron chi connectivity index (χ1n) is 9.34. The van der Waals surface area contributed by atoms with Crippen LogP contribution in [0.25, 0.3) is 0 Å². The highest BCUT2D eigenvalue weighted by atomic mass is 19.4. The number of halogens is 3. The SMILES string of the molecule is CC1(C)CC(=O)C2=C(C1)Nc1c(O)cccc1NC2c1ccc(C(F)(F)F)cc1. The maximum Gasteiger partial charge on any atom is 0.416 e. The van der Waals surface area contributed by atoms with Crippen LogP contribution in [-0.2, 0) is 11.0 Å². The van der Waals surface area contributed by atoms with E-state index in [2.05, 4.69) is 10.6 Å². The summed E-state index contributed by atoms with van der Waals surface area (Å²) in [4.78, 5) is 13.1. The predicted octanol–water partition coefficient (Wildman–Crippen LogP) is 5.63. The Balaban J connectivity index is 1.85. The molecule has 2 aromatic rings. The number of alkyl halides is 3. The second-order valence-corrected chi connectivity index (χ2v) is 8.35. The van der Waals surface area contributed by atoms with E-state index in [1.165, 1.54) is 12.1 Å². The summed E-state index contributed by atoms with van der Waals surface area (Å²) < 4.78 is 38.9. The van der Waals surface area contributed by atoms with Gasteiger partial charge in [0.05, 0.1) is 17.3 Å². The molecule has 2 aliphatic rings. The number of hydrogen-bond donors (Lipinski definition) is 3. The molecule has 1 heterocycles. The summed E-state index contributed by atoms with van der Waals surface area (Å²) in [6.45, 7) is 3.99. The summed E-state index contributed by atoms with van der Waals surface area (Å²) in [6.07, 6.45) is -3.50. The molecule has 3 N–H and O–H groups in total. The number of fused-ring (bicyclic) bond motifs is 1. The number of aromatic hydroxyl groups is 1. The molecule has 0 radical (unpaired) electrons. The van der Waals surface area contributed by atoms with Crippen LogP contribution in [0.2, 0.25) is 0 Å². The third-order valence-electron chi connectivity index (χ3n) is 5.40. The first-order chi connectivity index (χ1) is 13.5. The monoisotopic (exact) mass is 402 g/mol. The van der Waals surface area contributed by atoms with Crippen molar-refractivity contribution in [2.75, 3.05) is 10.6 Å². The van der Waals surface area contributed by atoms with Crippen LogP contribution >= 0.6 is 0 Å². The lowest BCUT2D eigenvalue weighted by atomic mass is 9.73. The Kier molecular flexibility index (Phi) is 4.37. The molecular formula is C22H21F3N2O2. The summed E-state index contributed by atoms with van der Waals surface area (Å²) in [7, 11) is 0. The number of para-hydroxylation sites is 1. The number of phenolic OH excluding ortho intramolecular Hbond substituents is 1. The molecule has 29 heavy (non-hydrogen) atoms. The largest absolute Gasteiger partial charge is 0.506 e. The van der Waals surface area contributed by atoms with E-state index in [1.807, 2.05) is 13.8 Å². The minimum atomic E-state index is -4.43. The lowest BCUT2D eigenvalue weighted by molar-refractivity contribution is -0.137. The Labute approximate surface area is 166 Å². The van der Waals surface area contributed by atoms with E-state index < -0.39 is 17.8 Å². The molecule has 0 spiro atoms. The van der Waals surface area contributed by atoms with Crippen molar-refractivity contribution in [1.82, 2.24) is 0 Å². The fourth-order valence-corrected chi connectivity index (χ4v) is 4.07. The minimum absolute atomic E-state index is 0.0331. The van der Waals surface area contributed by atoms with E-state index in [0.717, 1.165) is 12.1 Å². The molecule has 1 aliphatic carbocycles. The molecule has 0 saturated carbocycles. The van der Waals surface area contributed by atoms with Crippen molar-refractivity contribution < 1.29 is 23.1 Å². The van der Waals surface area contributed by atoms with Gasteiger partial charge in [0.1, 0.15) is 11.4 Å². The molecule has 7 heteroatoms. The van der Waals surface area contributed by atoms with Crippen LogP contribution < -0.4 is 10.6 Å². The Morgan fingerprint density at radius 1 is 1.07 bits per heavy atom. The van der Waals surface area contributed by atoms with Gasteiger partial charge >= 0.3 is 6.18 Å². The molecule has 152 valence electrons. The van der Waals surface area contributed by atoms with Gasteiger partial charge in [0.25, 0.3) is 0 Å². The van der Waals surface area contributed by atoms with Crippen molar-refractivity contribution in [3.63, 3.8) is 0 Å². The number of hydrogen-bond acceptors (Lipinski definition) is 4. The van der Waals surface area contributed by atoms with E-state index in [4.69, 9.17) is 0 Å². The van der Waals surface area contributed by atoms with Gasteiger partial charge in [-0.2, -0.15) is 13.2 Å². The Bertz CT molecular complexity index is 1010. The molecule has 1 atom stereocenters. The van der Waals surface area contributed by atoms with Gasteiger partial charge in [-0.3, -0.25) is 4.79 Å². The van der Waals surface area contributed by atoms with Gasteiger partial charge in [0.2, 0.25) is 0 Å². The highest BCUT2D eigenvalue weighted by Crippen LogP contribution is 2.47. The summed E-state index contributed by atoms with van der Waals surface area (Å²) in [5.41, 5.74) is 1.77. The molecule has 0 fully saturated rings. The van der Waals surface area contributed by atoms with Gasteiger partial charge in [0.15, 0.2) is 5.78 Å². The number of Topliss-reactive ketones (excluding diaryl/α,β-unsaturated/α-hetero) is 1. The van der Waals surface area contributed by atoms with Gasteiger partial charge < -0.3 is 15.7 Å². The summed E-state index contributed by atoms with van der Waals surface area (Å²) in [5, 5.41) is 16.8. The topological polar surface area (TPSA) is 61.4 Å². The Hall–Kier alpha value is -2.96. The van der Waals surface area contributed by atoms with Crippen LogP contribution in [0.3, 0.4) is 0 Å². The third-order valence-corrected chi connectivity index (χ3v) is 5.40. The summed E-state index contributed by atoms with van der Waals surface area (Å²) >= 11 is 0. The van der Waals surface area contributed by atoms with Gasteiger partial charge in [-0.15, -0.1) is 0 Å². The maximum atomic E-state index is 13.1. The van der Waals surface area contributed by atoms with Crippen LogP contribution in [-0.4, -0.2) is 10.9 Å². The van der Waals surface area contributed by atoms with Gasteiger partial charge in [0, 0.05) is 17.7 Å². The Morgan fingerprint density at radius 3 is 2.41 bits per heavy atom. The molecule has 0 saturated heterocycles. The highest BCUT2D eigenvalue weighted by Gasteiger charge is 2.39. The number of rotatable bonds is 1. The number of benzene rings is 2. The highest BCUT2D eigenvalue weighted by molar-refractivity contribution is 6.01. The first kappa shape index (κ1) is 19.4. The zero-order valence-corrected chi connectivity index (χ0v) is 16.0. The smallest absolute Gasteiger partial charge is 0.416 e. The predicted molar refractivity (Wildman–Crippen MR) is 105 cm³/mol. The van der Waals surface area contributed by atoms with E-state index in [9.17, 15) is 23.1 Å². The Morgan fingerprint density at radius 2 is 1.76 bits per heavy atom. The minimum Gasteiger partial charge on any atom is -0.506 e. The first-order valence-corrected chi connectivity index (χ1v) is 9.34. The number of ketones is 1. The second kappa shape index (κ2) is 6.54. The number of anilines is 2. The molecular weight excluding hydrogens is 381 g/mol. The van der Waals surface area contributed by atoms with Gasteiger partial charge in [-0.05, 0) is 41.7 Å². The molecule has 4 nitrogen and oxygen atoms in total. The van der Waals surface area contributed by atoms with Crippen LogP contribution in [0.1, 0.15) is 43.9 Å². The molecule has 0 aromatic heterocycles. The van der Waals surface area contributed by atoms with Gasteiger partial charge in [-0.25, -0.2) is 0 Å². The van der Waals surface area contributed by atoms with Crippen molar-refractivity contribution in [3.8, 4) is 5.75 Å². The van der Waals surface area contributed by atoms with Crippen LogP contribution in [0.4, 0.5) is 24.5 Å². The molecule has 0 amide bonds. The van der Waals surface area contributed by atoms with Crippen molar-refractivity contribution in [2.45, 2.75) is 38.9 Å². The number of phenols is 1. The summed E-state index contributed by atoms with van der Waals surface area (Å²) in [6, 6.07) is 9.19. The molecule has 0 bridgehead atoms. The number of nitrogens with one attached hydrogen (secondary N) is 2. The maximum absolute atomic E-state index is 13.1. The number of allylic oxidation sites excluding steroid dienone is 1. The van der Waals surface area contributed by atoms with E-state index in [-0.39, 0.29) is 16.9 Å². The van der Waals surface area contributed by atoms with Gasteiger partial charge in [-0.1, -0.05) is 32.0 Å². The number of carbonyl (C=O) groups is 1. The van der Waals surface area contributed by atoms with Crippen molar-refractivity contribution in [3.05, 3.63) is 64.9 Å². The molecule has 1 aliphatic heterocycles. The average Bonchev–Trinajstić information content (AvgIpc) is 2.78. The zero-order chi connectivity index (χ0) is 21.0. The van der Waals surface area contributed by atoms with Crippen LogP contribution in [0, 0.1) is 5.41 Å². The summed E-state index contributed by atoms with van der Waals surface area (Å²) in [5.74, 6) is -0.0285. The van der Waals surface area contributed by atoms with E-state index in [0.29, 0.717) is 41.1 Å².